The fourth-order valence-corrected chi connectivity index (χ4v) is 7.88. The van der Waals surface area contributed by atoms with Crippen molar-refractivity contribution in [3.63, 3.8) is 0 Å². The zero-order valence-electron chi connectivity index (χ0n) is 26.8. The summed E-state index contributed by atoms with van der Waals surface area (Å²) in [4.78, 5) is 15.2. The number of aromatic nitrogens is 5. The molecule has 4 heterocycles. The number of fused-ring (bicyclic) bond motifs is 9. The lowest BCUT2D eigenvalue weighted by atomic mass is 10.1. The summed E-state index contributed by atoms with van der Waals surface area (Å²) in [5, 5.41) is 7.50. The first-order valence-electron chi connectivity index (χ1n) is 16.9. The summed E-state index contributed by atoms with van der Waals surface area (Å²) in [6.45, 7) is 0. The van der Waals surface area contributed by atoms with Crippen molar-refractivity contribution in [3.05, 3.63) is 164 Å². The van der Waals surface area contributed by atoms with Crippen LogP contribution in [-0.4, -0.2) is 23.9 Å². The van der Waals surface area contributed by atoms with Gasteiger partial charge in [0.2, 0.25) is 0 Å². The molecule has 7 aromatic carbocycles. The van der Waals surface area contributed by atoms with E-state index in [2.05, 4.69) is 155 Å². The Kier molecular flexibility index (Phi) is 5.60. The largest absolute Gasteiger partial charge is 0.309 e. The zero-order chi connectivity index (χ0) is 32.8. The summed E-state index contributed by atoms with van der Waals surface area (Å²) in [5.74, 6) is 1.93. The molecular weight excluding hydrogens is 611 g/mol. The van der Waals surface area contributed by atoms with Crippen LogP contribution in [-0.2, 0) is 0 Å². The SMILES string of the molecule is c1ccc(-c2nc(-c3ccc(-n4c5ccccc5c5ccccc54)cc3)nc(-c3ccc4c5cccc6c7ccccc7n(c4c3)c65)n2)cc1. The predicted octanol–water partition coefficient (Wildman–Crippen LogP) is 11.1. The van der Waals surface area contributed by atoms with Crippen molar-refractivity contribution in [3.8, 4) is 39.9 Å². The molecular formula is C45H27N5. The second-order valence-electron chi connectivity index (χ2n) is 12.9. The number of benzene rings is 7. The summed E-state index contributed by atoms with van der Waals surface area (Å²) in [6, 6.07) is 57.7. The van der Waals surface area contributed by atoms with Crippen molar-refractivity contribution < 1.29 is 0 Å². The van der Waals surface area contributed by atoms with Gasteiger partial charge in [-0.2, -0.15) is 0 Å². The number of hydrogen-bond acceptors (Lipinski definition) is 3. The van der Waals surface area contributed by atoms with Crippen LogP contribution >= 0.6 is 0 Å². The highest BCUT2D eigenvalue weighted by Crippen LogP contribution is 2.40. The van der Waals surface area contributed by atoms with Crippen molar-refractivity contribution in [2.24, 2.45) is 0 Å². The highest BCUT2D eigenvalue weighted by atomic mass is 15.0. The maximum atomic E-state index is 5.13. The Morgan fingerprint density at radius 1 is 0.320 bits per heavy atom. The Morgan fingerprint density at radius 3 is 1.42 bits per heavy atom. The molecule has 0 bridgehead atoms. The van der Waals surface area contributed by atoms with E-state index >= 15 is 0 Å². The Balaban J connectivity index is 1.09. The van der Waals surface area contributed by atoms with Gasteiger partial charge in [-0.25, -0.2) is 15.0 Å². The summed E-state index contributed by atoms with van der Waals surface area (Å²) in [5.41, 5.74) is 9.89. The van der Waals surface area contributed by atoms with Crippen molar-refractivity contribution >= 4 is 59.9 Å². The average molecular weight is 638 g/mol. The molecule has 5 heteroatoms. The van der Waals surface area contributed by atoms with Gasteiger partial charge in [0, 0.05) is 54.7 Å². The van der Waals surface area contributed by atoms with Crippen LogP contribution in [0.5, 0.6) is 0 Å². The molecule has 0 N–H and O–H groups in total. The first kappa shape index (κ1) is 27.1. The molecule has 11 aromatic rings. The number of para-hydroxylation sites is 4. The lowest BCUT2D eigenvalue weighted by Crippen LogP contribution is -2.00. The van der Waals surface area contributed by atoms with Crippen molar-refractivity contribution in [2.75, 3.05) is 0 Å². The summed E-state index contributed by atoms with van der Waals surface area (Å²) in [6.07, 6.45) is 0. The highest BCUT2D eigenvalue weighted by molar-refractivity contribution is 6.23. The van der Waals surface area contributed by atoms with E-state index in [9.17, 15) is 0 Å². The van der Waals surface area contributed by atoms with Crippen molar-refractivity contribution in [2.45, 2.75) is 0 Å². The topological polar surface area (TPSA) is 48.0 Å². The van der Waals surface area contributed by atoms with Gasteiger partial charge in [0.05, 0.1) is 27.6 Å². The Hall–Kier alpha value is -6.85. The van der Waals surface area contributed by atoms with Crippen LogP contribution in [0.2, 0.25) is 0 Å². The van der Waals surface area contributed by atoms with Gasteiger partial charge in [-0.3, -0.25) is 0 Å². The Morgan fingerprint density at radius 2 is 0.780 bits per heavy atom. The lowest BCUT2D eigenvalue weighted by molar-refractivity contribution is 1.07. The first-order valence-corrected chi connectivity index (χ1v) is 16.9. The van der Waals surface area contributed by atoms with Crippen LogP contribution in [0, 0.1) is 0 Å². The van der Waals surface area contributed by atoms with Gasteiger partial charge < -0.3 is 8.97 Å². The second kappa shape index (κ2) is 10.3. The van der Waals surface area contributed by atoms with Crippen LogP contribution < -0.4 is 0 Å². The van der Waals surface area contributed by atoms with E-state index in [0.29, 0.717) is 17.5 Å². The highest BCUT2D eigenvalue weighted by Gasteiger charge is 2.19. The molecule has 0 fully saturated rings. The molecule has 50 heavy (non-hydrogen) atoms. The quantitative estimate of drug-likeness (QED) is 0.193. The van der Waals surface area contributed by atoms with Gasteiger partial charge in [-0.05, 0) is 48.5 Å². The van der Waals surface area contributed by atoms with Gasteiger partial charge in [-0.15, -0.1) is 0 Å². The predicted molar refractivity (Wildman–Crippen MR) is 205 cm³/mol. The molecule has 0 aliphatic rings. The molecule has 0 amide bonds. The van der Waals surface area contributed by atoms with Crippen LogP contribution in [0.3, 0.4) is 0 Å². The minimum atomic E-state index is 0.639. The van der Waals surface area contributed by atoms with Crippen LogP contribution in [0.1, 0.15) is 0 Å². The standard InChI is InChI=1S/C45H27N5/c1-2-11-28(12-3-1)43-46-44(29-21-24-31(25-22-29)49-38-18-7-4-13-32(38)33-14-5-8-19-39(33)49)48-45(47-43)30-23-26-35-37-17-10-16-36-34-15-6-9-20-40(34)50(42(36)37)41(35)27-30/h1-27H. The molecule has 0 aliphatic heterocycles. The van der Waals surface area contributed by atoms with E-state index in [-0.39, 0.29) is 0 Å². The monoisotopic (exact) mass is 637 g/mol. The molecule has 5 nitrogen and oxygen atoms in total. The van der Waals surface area contributed by atoms with Crippen LogP contribution in [0.15, 0.2) is 164 Å². The summed E-state index contributed by atoms with van der Waals surface area (Å²) >= 11 is 0. The van der Waals surface area contributed by atoms with Gasteiger partial charge in [0.25, 0.3) is 0 Å². The van der Waals surface area contributed by atoms with Crippen molar-refractivity contribution in [1.29, 1.82) is 0 Å². The minimum Gasteiger partial charge on any atom is -0.309 e. The Labute approximate surface area is 286 Å². The summed E-state index contributed by atoms with van der Waals surface area (Å²) < 4.78 is 4.72. The molecule has 0 unspecified atom stereocenters. The van der Waals surface area contributed by atoms with E-state index in [1.54, 1.807) is 0 Å². The van der Waals surface area contributed by atoms with Crippen LogP contribution in [0.25, 0.3) is 99.8 Å². The normalized spacial score (nSPS) is 12.0. The van der Waals surface area contributed by atoms with Gasteiger partial charge in [0.15, 0.2) is 17.5 Å². The third kappa shape index (κ3) is 3.86. The van der Waals surface area contributed by atoms with Crippen LogP contribution in [0.4, 0.5) is 0 Å². The molecule has 0 aliphatic carbocycles. The lowest BCUT2D eigenvalue weighted by Gasteiger charge is -2.11. The molecule has 232 valence electrons. The number of hydrogen-bond donors (Lipinski definition) is 0. The van der Waals surface area contributed by atoms with E-state index in [1.165, 1.54) is 54.4 Å². The minimum absolute atomic E-state index is 0.639. The average Bonchev–Trinajstić information content (AvgIpc) is 3.83. The maximum Gasteiger partial charge on any atom is 0.164 e. The van der Waals surface area contributed by atoms with Gasteiger partial charge in [0.1, 0.15) is 0 Å². The third-order valence-electron chi connectivity index (χ3n) is 10.1. The molecule has 0 radical (unpaired) electrons. The second-order valence-corrected chi connectivity index (χ2v) is 12.9. The Bertz CT molecular complexity index is 3030. The van der Waals surface area contributed by atoms with E-state index in [0.717, 1.165) is 27.9 Å². The number of nitrogens with zero attached hydrogens (tertiary/aromatic N) is 5. The molecule has 0 spiro atoms. The first-order chi connectivity index (χ1) is 24.8. The molecule has 4 aromatic heterocycles. The molecule has 0 saturated heterocycles. The van der Waals surface area contributed by atoms with E-state index in [4.69, 9.17) is 15.0 Å². The smallest absolute Gasteiger partial charge is 0.164 e. The van der Waals surface area contributed by atoms with E-state index in [1.807, 2.05) is 18.2 Å². The molecule has 11 rings (SSSR count). The van der Waals surface area contributed by atoms with Gasteiger partial charge >= 0.3 is 0 Å². The van der Waals surface area contributed by atoms with Gasteiger partial charge in [-0.1, -0.05) is 115 Å². The van der Waals surface area contributed by atoms with Crippen molar-refractivity contribution in [1.82, 2.24) is 23.9 Å². The maximum absolute atomic E-state index is 5.13. The number of rotatable bonds is 4. The molecule has 0 atom stereocenters. The zero-order valence-corrected chi connectivity index (χ0v) is 26.8. The fourth-order valence-electron chi connectivity index (χ4n) is 7.88. The van der Waals surface area contributed by atoms with E-state index < -0.39 is 0 Å². The third-order valence-corrected chi connectivity index (χ3v) is 10.1. The molecule has 0 saturated carbocycles. The fraction of sp³-hybridized carbons (Fsp3) is 0. The summed E-state index contributed by atoms with van der Waals surface area (Å²) in [7, 11) is 0.